The van der Waals surface area contributed by atoms with E-state index in [-0.39, 0.29) is 5.91 Å². The largest absolute Gasteiger partial charge is 0.497 e. The van der Waals surface area contributed by atoms with Crippen molar-refractivity contribution in [1.82, 2.24) is 4.57 Å². The molecule has 1 N–H and O–H groups in total. The number of fused-ring (bicyclic) bond motifs is 1. The van der Waals surface area contributed by atoms with E-state index in [1.165, 1.54) is 18.8 Å². The summed E-state index contributed by atoms with van der Waals surface area (Å²) in [4.78, 5) is 24.8. The molecule has 25 heavy (non-hydrogen) atoms. The molecule has 0 saturated heterocycles. The SMILES string of the molecule is COc1ccc(OC)c(NC(=O)C(C)n2c(=O)oc3ccccc32)c1. The number of amides is 1. The summed E-state index contributed by atoms with van der Waals surface area (Å²) < 4.78 is 16.9. The molecule has 0 bridgehead atoms. The number of carbonyl (C=O) groups excluding carboxylic acids is 1. The fourth-order valence-electron chi connectivity index (χ4n) is 2.62. The van der Waals surface area contributed by atoms with Crippen LogP contribution in [0.3, 0.4) is 0 Å². The Hall–Kier alpha value is -3.22. The number of benzene rings is 2. The molecule has 0 spiro atoms. The van der Waals surface area contributed by atoms with Crippen molar-refractivity contribution in [2.24, 2.45) is 0 Å². The first-order chi connectivity index (χ1) is 12.0. The Bertz CT molecular complexity index is 973. The highest BCUT2D eigenvalue weighted by Crippen LogP contribution is 2.29. The van der Waals surface area contributed by atoms with Crippen molar-refractivity contribution in [3.63, 3.8) is 0 Å². The van der Waals surface area contributed by atoms with Crippen LogP contribution in [0.15, 0.2) is 51.7 Å². The highest BCUT2D eigenvalue weighted by molar-refractivity contribution is 5.95. The number of carbonyl (C=O) groups is 1. The molecular weight excluding hydrogens is 324 g/mol. The summed E-state index contributed by atoms with van der Waals surface area (Å²) in [6, 6.07) is 11.3. The monoisotopic (exact) mass is 342 g/mol. The number of methoxy groups -OCH3 is 2. The van der Waals surface area contributed by atoms with Gasteiger partial charge in [0, 0.05) is 6.07 Å². The van der Waals surface area contributed by atoms with Gasteiger partial charge >= 0.3 is 5.76 Å². The number of para-hydroxylation sites is 2. The lowest BCUT2D eigenvalue weighted by molar-refractivity contribution is -0.118. The van der Waals surface area contributed by atoms with Gasteiger partial charge in [0.25, 0.3) is 0 Å². The fourth-order valence-corrected chi connectivity index (χ4v) is 2.62. The van der Waals surface area contributed by atoms with Gasteiger partial charge in [-0.15, -0.1) is 0 Å². The second-order valence-electron chi connectivity index (χ2n) is 5.44. The second-order valence-corrected chi connectivity index (χ2v) is 5.44. The minimum Gasteiger partial charge on any atom is -0.497 e. The Kier molecular flexibility index (Phi) is 4.47. The van der Waals surface area contributed by atoms with E-state index in [4.69, 9.17) is 13.9 Å². The van der Waals surface area contributed by atoms with Crippen LogP contribution in [-0.2, 0) is 4.79 Å². The van der Waals surface area contributed by atoms with Gasteiger partial charge in [-0.3, -0.25) is 9.36 Å². The molecule has 1 heterocycles. The van der Waals surface area contributed by atoms with Gasteiger partial charge in [0.05, 0.1) is 25.4 Å². The zero-order valence-electron chi connectivity index (χ0n) is 14.1. The molecular formula is C18H18N2O5. The van der Waals surface area contributed by atoms with Gasteiger partial charge in [-0.05, 0) is 31.2 Å². The summed E-state index contributed by atoms with van der Waals surface area (Å²) in [7, 11) is 3.04. The molecule has 0 aliphatic rings. The smallest absolute Gasteiger partial charge is 0.420 e. The van der Waals surface area contributed by atoms with Crippen molar-refractivity contribution in [1.29, 1.82) is 0 Å². The van der Waals surface area contributed by atoms with Gasteiger partial charge in [-0.25, -0.2) is 4.79 Å². The van der Waals surface area contributed by atoms with Gasteiger partial charge < -0.3 is 19.2 Å². The minimum atomic E-state index is -0.771. The average Bonchev–Trinajstić information content (AvgIpc) is 2.96. The maximum Gasteiger partial charge on any atom is 0.420 e. The summed E-state index contributed by atoms with van der Waals surface area (Å²) in [5.74, 6) is 0.113. The highest BCUT2D eigenvalue weighted by Gasteiger charge is 2.22. The van der Waals surface area contributed by atoms with Gasteiger partial charge in [0.15, 0.2) is 5.58 Å². The third kappa shape index (κ3) is 3.08. The molecule has 3 aromatic rings. The quantitative estimate of drug-likeness (QED) is 0.771. The molecule has 2 aromatic carbocycles. The van der Waals surface area contributed by atoms with Gasteiger partial charge in [0.2, 0.25) is 5.91 Å². The summed E-state index contributed by atoms with van der Waals surface area (Å²) in [6.07, 6.45) is 0. The van der Waals surface area contributed by atoms with E-state index in [1.54, 1.807) is 49.4 Å². The molecule has 1 unspecified atom stereocenters. The lowest BCUT2D eigenvalue weighted by atomic mass is 10.2. The Balaban J connectivity index is 1.93. The average molecular weight is 342 g/mol. The van der Waals surface area contributed by atoms with Crippen molar-refractivity contribution in [3.05, 3.63) is 53.0 Å². The predicted octanol–water partition coefficient (Wildman–Crippen LogP) is 2.81. The third-order valence-corrected chi connectivity index (χ3v) is 3.95. The van der Waals surface area contributed by atoms with E-state index in [0.29, 0.717) is 28.3 Å². The summed E-state index contributed by atoms with van der Waals surface area (Å²) in [5, 5.41) is 2.77. The number of aromatic nitrogens is 1. The second kappa shape index (κ2) is 6.72. The number of ether oxygens (including phenoxy) is 2. The number of rotatable bonds is 5. The van der Waals surface area contributed by atoms with E-state index < -0.39 is 11.8 Å². The summed E-state index contributed by atoms with van der Waals surface area (Å²) in [6.45, 7) is 1.63. The van der Waals surface area contributed by atoms with E-state index in [0.717, 1.165) is 0 Å². The van der Waals surface area contributed by atoms with Crippen molar-refractivity contribution in [3.8, 4) is 11.5 Å². The summed E-state index contributed by atoms with van der Waals surface area (Å²) in [5.41, 5.74) is 1.46. The van der Waals surface area contributed by atoms with Gasteiger partial charge in [-0.2, -0.15) is 0 Å². The Morgan fingerprint density at radius 1 is 1.16 bits per heavy atom. The molecule has 1 aromatic heterocycles. The zero-order valence-corrected chi connectivity index (χ0v) is 14.1. The minimum absolute atomic E-state index is 0.375. The maximum absolute atomic E-state index is 12.7. The number of nitrogens with one attached hydrogen (secondary N) is 1. The zero-order chi connectivity index (χ0) is 18.0. The molecule has 0 fully saturated rings. The molecule has 130 valence electrons. The van der Waals surface area contributed by atoms with Crippen LogP contribution in [0.2, 0.25) is 0 Å². The molecule has 0 aliphatic carbocycles. The maximum atomic E-state index is 12.7. The lowest BCUT2D eigenvalue weighted by Gasteiger charge is -2.16. The van der Waals surface area contributed by atoms with Crippen LogP contribution in [-0.4, -0.2) is 24.7 Å². The van der Waals surface area contributed by atoms with Crippen LogP contribution in [0.5, 0.6) is 11.5 Å². The lowest BCUT2D eigenvalue weighted by Crippen LogP contribution is -2.29. The summed E-state index contributed by atoms with van der Waals surface area (Å²) >= 11 is 0. The third-order valence-electron chi connectivity index (χ3n) is 3.95. The molecule has 7 heteroatoms. The van der Waals surface area contributed by atoms with Crippen LogP contribution >= 0.6 is 0 Å². The number of nitrogens with zero attached hydrogens (tertiary/aromatic N) is 1. The van der Waals surface area contributed by atoms with Gasteiger partial charge in [-0.1, -0.05) is 12.1 Å². The molecule has 1 amide bonds. The molecule has 0 radical (unpaired) electrons. The first-order valence-electron chi connectivity index (χ1n) is 7.68. The van der Waals surface area contributed by atoms with Crippen molar-refractivity contribution in [2.45, 2.75) is 13.0 Å². The number of oxazole rings is 1. The van der Waals surface area contributed by atoms with Crippen molar-refractivity contribution < 1.29 is 18.7 Å². The highest BCUT2D eigenvalue weighted by atomic mass is 16.5. The predicted molar refractivity (Wildman–Crippen MR) is 93.4 cm³/mol. The normalized spacial score (nSPS) is 12.0. The van der Waals surface area contributed by atoms with Crippen LogP contribution < -0.4 is 20.5 Å². The van der Waals surface area contributed by atoms with Crippen LogP contribution in [0.25, 0.3) is 11.1 Å². The standard InChI is InChI=1S/C18H18N2O5/c1-11(20-14-6-4-5-7-16(14)25-18(20)22)17(21)19-13-10-12(23-2)8-9-15(13)24-3/h4-11H,1-3H3,(H,19,21). The van der Waals surface area contributed by atoms with E-state index in [1.807, 2.05) is 0 Å². The molecule has 0 saturated carbocycles. The van der Waals surface area contributed by atoms with Crippen LogP contribution in [0, 0.1) is 0 Å². The van der Waals surface area contributed by atoms with Crippen LogP contribution in [0.4, 0.5) is 5.69 Å². The topological polar surface area (TPSA) is 82.7 Å². The number of anilines is 1. The van der Waals surface area contributed by atoms with E-state index in [2.05, 4.69) is 5.32 Å². The molecule has 3 rings (SSSR count). The fraction of sp³-hybridized carbons (Fsp3) is 0.222. The molecule has 0 aliphatic heterocycles. The number of hydrogen-bond acceptors (Lipinski definition) is 5. The number of hydrogen-bond donors (Lipinski definition) is 1. The van der Waals surface area contributed by atoms with Gasteiger partial charge in [0.1, 0.15) is 17.5 Å². The van der Waals surface area contributed by atoms with E-state index >= 15 is 0 Å². The first kappa shape index (κ1) is 16.6. The van der Waals surface area contributed by atoms with Crippen molar-refractivity contribution in [2.75, 3.05) is 19.5 Å². The van der Waals surface area contributed by atoms with Crippen LogP contribution in [0.1, 0.15) is 13.0 Å². The van der Waals surface area contributed by atoms with E-state index in [9.17, 15) is 9.59 Å². The molecule has 1 atom stereocenters. The van der Waals surface area contributed by atoms with Crippen molar-refractivity contribution >= 4 is 22.7 Å². The Labute approximate surface area is 143 Å². The first-order valence-corrected chi connectivity index (χ1v) is 7.68. The Morgan fingerprint density at radius 3 is 2.64 bits per heavy atom. The Morgan fingerprint density at radius 2 is 1.92 bits per heavy atom. The molecule has 7 nitrogen and oxygen atoms in total.